The predicted octanol–water partition coefficient (Wildman–Crippen LogP) is 5.11. The molecule has 0 saturated carbocycles. The van der Waals surface area contributed by atoms with Gasteiger partial charge < -0.3 is 0 Å². The maximum Gasteiger partial charge on any atom is 0.205 e. The van der Waals surface area contributed by atoms with E-state index in [1.165, 1.54) is 0 Å². The number of carbonyl (C=O) groups is 2. The van der Waals surface area contributed by atoms with E-state index in [1.807, 2.05) is 0 Å². The van der Waals surface area contributed by atoms with Gasteiger partial charge in [0.1, 0.15) is 12.0 Å². The molecule has 0 fully saturated rings. The zero-order valence-corrected chi connectivity index (χ0v) is 16.7. The standard InChI is InChI=1S/C22H8F8N2O2/c1-6-13(23)17(27)11(18(28)14(6)24)12-19(29)15(25)8(16(26)20(12)30)2-7-3-10(33)21-9(22(7)34)4-31-5-32-21/h3-5H,2H2,1H3. The Hall–Kier alpha value is -3.96. The first-order valence-corrected chi connectivity index (χ1v) is 9.24. The van der Waals surface area contributed by atoms with E-state index in [1.54, 1.807) is 0 Å². The highest BCUT2D eigenvalue weighted by molar-refractivity contribution is 6.23. The van der Waals surface area contributed by atoms with Crippen LogP contribution in [-0.2, 0) is 6.42 Å². The van der Waals surface area contributed by atoms with E-state index < -0.39 is 92.4 Å². The van der Waals surface area contributed by atoms with E-state index in [9.17, 15) is 44.7 Å². The second kappa shape index (κ2) is 8.12. The van der Waals surface area contributed by atoms with Crippen LogP contribution in [0.5, 0.6) is 0 Å². The third-order valence-electron chi connectivity index (χ3n) is 5.24. The molecule has 174 valence electrons. The number of hydrogen-bond donors (Lipinski definition) is 0. The lowest BCUT2D eigenvalue weighted by Gasteiger charge is -2.17. The Labute approximate surface area is 184 Å². The van der Waals surface area contributed by atoms with E-state index in [2.05, 4.69) is 9.97 Å². The molecule has 0 bridgehead atoms. The Bertz CT molecular complexity index is 1410. The minimum atomic E-state index is -2.37. The van der Waals surface area contributed by atoms with Gasteiger partial charge in [-0.15, -0.1) is 0 Å². The van der Waals surface area contributed by atoms with E-state index in [4.69, 9.17) is 0 Å². The molecule has 0 aliphatic heterocycles. The first-order valence-electron chi connectivity index (χ1n) is 9.24. The highest BCUT2D eigenvalue weighted by Crippen LogP contribution is 2.38. The average molecular weight is 484 g/mol. The maximum atomic E-state index is 14.7. The molecule has 1 aliphatic carbocycles. The van der Waals surface area contributed by atoms with Gasteiger partial charge >= 0.3 is 0 Å². The number of rotatable bonds is 3. The van der Waals surface area contributed by atoms with Crippen molar-refractivity contribution < 1.29 is 44.7 Å². The van der Waals surface area contributed by atoms with Crippen LogP contribution < -0.4 is 0 Å². The van der Waals surface area contributed by atoms with Crippen molar-refractivity contribution in [1.82, 2.24) is 9.97 Å². The molecule has 2 aromatic carbocycles. The Morgan fingerprint density at radius 2 is 1.24 bits per heavy atom. The first-order chi connectivity index (χ1) is 16.0. The lowest BCUT2D eigenvalue weighted by molar-refractivity contribution is 0.0978. The van der Waals surface area contributed by atoms with Crippen LogP contribution >= 0.6 is 0 Å². The zero-order valence-electron chi connectivity index (χ0n) is 16.7. The number of aromatic nitrogens is 2. The number of carbonyl (C=O) groups excluding carboxylic acids is 2. The number of hydrogen-bond acceptors (Lipinski definition) is 4. The molecule has 0 amide bonds. The van der Waals surface area contributed by atoms with Crippen LogP contribution in [0.25, 0.3) is 11.1 Å². The largest absolute Gasteiger partial charge is 0.289 e. The van der Waals surface area contributed by atoms with Gasteiger partial charge in [0.15, 0.2) is 52.3 Å². The van der Waals surface area contributed by atoms with E-state index >= 15 is 0 Å². The summed E-state index contributed by atoms with van der Waals surface area (Å²) in [5.74, 6) is -19.5. The number of nitrogens with zero attached hydrogens (tertiary/aromatic N) is 2. The minimum absolute atomic E-state index is 0.299. The van der Waals surface area contributed by atoms with Gasteiger partial charge in [0.2, 0.25) is 5.78 Å². The molecule has 1 heterocycles. The first kappa shape index (κ1) is 23.2. The van der Waals surface area contributed by atoms with Gasteiger partial charge in [-0.3, -0.25) is 9.59 Å². The third kappa shape index (κ3) is 3.28. The fourth-order valence-corrected chi connectivity index (χ4v) is 3.49. The molecule has 34 heavy (non-hydrogen) atoms. The molecular weight excluding hydrogens is 476 g/mol. The van der Waals surface area contributed by atoms with Crippen molar-refractivity contribution in [2.75, 3.05) is 0 Å². The molecule has 0 atom stereocenters. The van der Waals surface area contributed by atoms with Crippen LogP contribution in [0.3, 0.4) is 0 Å². The van der Waals surface area contributed by atoms with Gasteiger partial charge in [-0.1, -0.05) is 0 Å². The monoisotopic (exact) mass is 484 g/mol. The van der Waals surface area contributed by atoms with Crippen molar-refractivity contribution in [3.05, 3.63) is 93.1 Å². The predicted molar refractivity (Wildman–Crippen MR) is 98.8 cm³/mol. The molecule has 3 aromatic rings. The normalized spacial score (nSPS) is 13.3. The van der Waals surface area contributed by atoms with Gasteiger partial charge in [-0.05, 0) is 13.0 Å². The average Bonchev–Trinajstić information content (AvgIpc) is 2.83. The summed E-state index contributed by atoms with van der Waals surface area (Å²) in [5, 5.41) is 0. The fraction of sp³-hybridized carbons (Fsp3) is 0.0909. The van der Waals surface area contributed by atoms with Crippen LogP contribution in [0.4, 0.5) is 35.1 Å². The molecule has 4 rings (SSSR count). The zero-order chi connectivity index (χ0) is 25.1. The maximum absolute atomic E-state index is 14.7. The molecule has 12 heteroatoms. The van der Waals surface area contributed by atoms with Gasteiger partial charge in [0.25, 0.3) is 0 Å². The summed E-state index contributed by atoms with van der Waals surface area (Å²) in [4.78, 5) is 31.8. The molecule has 0 N–H and O–H groups in total. The number of halogens is 8. The smallest absolute Gasteiger partial charge is 0.205 e. The topological polar surface area (TPSA) is 59.9 Å². The van der Waals surface area contributed by atoms with Crippen molar-refractivity contribution >= 4 is 11.6 Å². The Morgan fingerprint density at radius 3 is 1.76 bits per heavy atom. The minimum Gasteiger partial charge on any atom is -0.289 e. The van der Waals surface area contributed by atoms with Crippen LogP contribution in [0.2, 0.25) is 0 Å². The Morgan fingerprint density at radius 1 is 0.735 bits per heavy atom. The van der Waals surface area contributed by atoms with Crippen LogP contribution in [0.1, 0.15) is 32.0 Å². The Kier molecular flexibility index (Phi) is 5.54. The number of Topliss-reactive ketones (excluding diaryl/α,β-unsaturated/α-hetero) is 1. The van der Waals surface area contributed by atoms with Crippen molar-refractivity contribution in [2.45, 2.75) is 13.3 Å². The number of fused-ring (bicyclic) bond motifs is 1. The Balaban J connectivity index is 1.88. The summed E-state index contributed by atoms with van der Waals surface area (Å²) < 4.78 is 115. The van der Waals surface area contributed by atoms with E-state index in [-0.39, 0.29) is 11.3 Å². The van der Waals surface area contributed by atoms with Gasteiger partial charge in [0.05, 0.1) is 16.7 Å². The summed E-state index contributed by atoms with van der Waals surface area (Å²) in [6.45, 7) is 0.636. The second-order valence-corrected chi connectivity index (χ2v) is 7.19. The molecule has 1 aromatic heterocycles. The molecule has 0 saturated heterocycles. The second-order valence-electron chi connectivity index (χ2n) is 7.19. The summed E-state index contributed by atoms with van der Waals surface area (Å²) in [7, 11) is 0. The highest BCUT2D eigenvalue weighted by atomic mass is 19.2. The molecule has 0 unspecified atom stereocenters. The summed E-state index contributed by atoms with van der Waals surface area (Å²) in [6, 6.07) is 0. The molecule has 4 nitrogen and oxygen atoms in total. The van der Waals surface area contributed by atoms with Crippen LogP contribution in [0, 0.1) is 53.5 Å². The summed E-state index contributed by atoms with van der Waals surface area (Å²) in [5.41, 5.74) is -7.78. The van der Waals surface area contributed by atoms with Crippen molar-refractivity contribution in [3.63, 3.8) is 0 Å². The van der Waals surface area contributed by atoms with Gasteiger partial charge in [-0.25, -0.2) is 45.1 Å². The SMILES string of the molecule is Cc1c(F)c(F)c(-c2c(F)c(F)c(CC3=CC(=O)c4ncncc4C3=O)c(F)c2F)c(F)c1F. The van der Waals surface area contributed by atoms with Crippen molar-refractivity contribution in [3.8, 4) is 11.1 Å². The molecule has 1 aliphatic rings. The summed E-state index contributed by atoms with van der Waals surface area (Å²) >= 11 is 0. The third-order valence-corrected chi connectivity index (χ3v) is 5.24. The quantitative estimate of drug-likeness (QED) is 0.383. The van der Waals surface area contributed by atoms with E-state index in [0.29, 0.717) is 13.0 Å². The van der Waals surface area contributed by atoms with Gasteiger partial charge in [0, 0.05) is 29.3 Å². The van der Waals surface area contributed by atoms with Crippen LogP contribution in [0.15, 0.2) is 24.2 Å². The molecular formula is C22H8F8N2O2. The van der Waals surface area contributed by atoms with E-state index in [0.717, 1.165) is 12.5 Å². The highest BCUT2D eigenvalue weighted by Gasteiger charge is 2.35. The molecule has 0 radical (unpaired) electrons. The van der Waals surface area contributed by atoms with Crippen molar-refractivity contribution in [1.29, 1.82) is 0 Å². The fourth-order valence-electron chi connectivity index (χ4n) is 3.49. The number of benzene rings is 2. The number of allylic oxidation sites excluding steroid dienone is 2. The molecule has 0 spiro atoms. The lowest BCUT2D eigenvalue weighted by Crippen LogP contribution is -2.21. The van der Waals surface area contributed by atoms with Gasteiger partial charge in [-0.2, -0.15) is 0 Å². The van der Waals surface area contributed by atoms with Crippen LogP contribution in [-0.4, -0.2) is 21.5 Å². The number of ketones is 2. The van der Waals surface area contributed by atoms with Crippen molar-refractivity contribution in [2.24, 2.45) is 0 Å². The lowest BCUT2D eigenvalue weighted by atomic mass is 9.89. The summed E-state index contributed by atoms with van der Waals surface area (Å²) in [6.07, 6.45) is 1.44.